The molecule has 1 atom stereocenters. The van der Waals surface area contributed by atoms with Crippen LogP contribution in [0.25, 0.3) is 0 Å². The predicted octanol–water partition coefficient (Wildman–Crippen LogP) is 1.15. The molecule has 2 N–H and O–H groups in total. The van der Waals surface area contributed by atoms with Gasteiger partial charge in [0.25, 0.3) is 0 Å². The highest BCUT2D eigenvalue weighted by Gasteiger charge is 2.37. The van der Waals surface area contributed by atoms with Gasteiger partial charge in [0, 0.05) is 12.6 Å². The largest absolute Gasteiger partial charge is 0.384 e. The molecule has 1 rings (SSSR count). The first-order chi connectivity index (χ1) is 4.69. The molecule has 2 heteroatoms. The Labute approximate surface area is 62.7 Å². The van der Waals surface area contributed by atoms with Crippen molar-refractivity contribution < 1.29 is 4.74 Å². The van der Waals surface area contributed by atoms with Crippen molar-refractivity contribution in [3.63, 3.8) is 0 Å². The molecule has 0 amide bonds. The summed E-state index contributed by atoms with van der Waals surface area (Å²) in [6.07, 6.45) is 3.65. The van der Waals surface area contributed by atoms with Gasteiger partial charge in [-0.1, -0.05) is 6.92 Å². The first kappa shape index (κ1) is 8.02. The van der Waals surface area contributed by atoms with Crippen LogP contribution in [-0.4, -0.2) is 19.3 Å². The Morgan fingerprint density at radius 1 is 1.60 bits per heavy atom. The van der Waals surface area contributed by atoms with Crippen LogP contribution in [0.1, 0.15) is 26.2 Å². The molecular formula is C8H17NO. The van der Waals surface area contributed by atoms with Crippen molar-refractivity contribution >= 4 is 0 Å². The number of ether oxygens (including phenoxy) is 1. The second kappa shape index (κ2) is 2.89. The molecular weight excluding hydrogens is 126 g/mol. The Balaban J connectivity index is 2.31. The summed E-state index contributed by atoms with van der Waals surface area (Å²) >= 11 is 0. The van der Waals surface area contributed by atoms with Gasteiger partial charge in [0.15, 0.2) is 0 Å². The van der Waals surface area contributed by atoms with E-state index < -0.39 is 0 Å². The highest BCUT2D eigenvalue weighted by atomic mass is 16.5. The predicted molar refractivity (Wildman–Crippen MR) is 41.8 cm³/mol. The molecule has 1 aliphatic carbocycles. The summed E-state index contributed by atoms with van der Waals surface area (Å²) in [6.45, 7) is 2.97. The Bertz CT molecular complexity index is 110. The minimum absolute atomic E-state index is 0.107. The molecule has 10 heavy (non-hydrogen) atoms. The van der Waals surface area contributed by atoms with E-state index in [1.807, 2.05) is 0 Å². The van der Waals surface area contributed by atoms with Crippen molar-refractivity contribution in [2.75, 3.05) is 13.7 Å². The molecule has 0 aromatic rings. The maximum Gasteiger partial charge on any atom is 0.0505 e. The second-order valence-electron chi connectivity index (χ2n) is 3.44. The topological polar surface area (TPSA) is 35.2 Å². The van der Waals surface area contributed by atoms with Gasteiger partial charge in [-0.15, -0.1) is 0 Å². The van der Waals surface area contributed by atoms with Crippen molar-refractivity contribution in [3.05, 3.63) is 0 Å². The Kier molecular flexibility index (Phi) is 2.32. The summed E-state index contributed by atoms with van der Waals surface area (Å²) in [4.78, 5) is 0. The smallest absolute Gasteiger partial charge is 0.0505 e. The van der Waals surface area contributed by atoms with Gasteiger partial charge in [0.2, 0.25) is 0 Å². The summed E-state index contributed by atoms with van der Waals surface area (Å²) in [6, 6.07) is 0. The van der Waals surface area contributed by atoms with Gasteiger partial charge >= 0.3 is 0 Å². The van der Waals surface area contributed by atoms with E-state index in [2.05, 4.69) is 6.92 Å². The van der Waals surface area contributed by atoms with Crippen LogP contribution in [0.5, 0.6) is 0 Å². The first-order valence-electron chi connectivity index (χ1n) is 3.97. The van der Waals surface area contributed by atoms with Crippen LogP contribution in [0, 0.1) is 5.92 Å². The molecule has 0 spiro atoms. The van der Waals surface area contributed by atoms with Gasteiger partial charge in [0.1, 0.15) is 0 Å². The van der Waals surface area contributed by atoms with Crippen molar-refractivity contribution in [1.29, 1.82) is 0 Å². The van der Waals surface area contributed by atoms with Crippen LogP contribution in [-0.2, 0) is 4.74 Å². The number of rotatable bonds is 3. The van der Waals surface area contributed by atoms with Crippen LogP contribution in [0.3, 0.4) is 0 Å². The Morgan fingerprint density at radius 2 is 2.20 bits per heavy atom. The molecule has 2 nitrogen and oxygen atoms in total. The maximum atomic E-state index is 6.05. The number of methoxy groups -OCH3 is 1. The van der Waals surface area contributed by atoms with Crippen molar-refractivity contribution in [2.24, 2.45) is 11.7 Å². The number of hydrogen-bond donors (Lipinski definition) is 1. The van der Waals surface area contributed by atoms with Gasteiger partial charge in [-0.3, -0.25) is 0 Å². The SMILES string of the molecule is COCC(C)C1(N)CCC1. The molecule has 0 aromatic heterocycles. The average Bonchev–Trinajstić information content (AvgIpc) is 1.83. The summed E-state index contributed by atoms with van der Waals surface area (Å²) < 4.78 is 5.05. The molecule has 1 fully saturated rings. The third-order valence-electron chi connectivity index (χ3n) is 2.68. The summed E-state index contributed by atoms with van der Waals surface area (Å²) in [5.41, 5.74) is 6.16. The molecule has 1 unspecified atom stereocenters. The molecule has 0 aliphatic heterocycles. The van der Waals surface area contributed by atoms with Gasteiger partial charge in [-0.25, -0.2) is 0 Å². The summed E-state index contributed by atoms with van der Waals surface area (Å²) in [5, 5.41) is 0. The lowest BCUT2D eigenvalue weighted by atomic mass is 9.70. The molecule has 0 aromatic carbocycles. The van der Waals surface area contributed by atoms with Crippen molar-refractivity contribution in [1.82, 2.24) is 0 Å². The van der Waals surface area contributed by atoms with Gasteiger partial charge < -0.3 is 10.5 Å². The van der Waals surface area contributed by atoms with E-state index >= 15 is 0 Å². The lowest BCUT2D eigenvalue weighted by Gasteiger charge is -2.43. The highest BCUT2D eigenvalue weighted by Crippen LogP contribution is 2.35. The van der Waals surface area contributed by atoms with E-state index in [0.29, 0.717) is 5.92 Å². The van der Waals surface area contributed by atoms with Crippen LogP contribution >= 0.6 is 0 Å². The van der Waals surface area contributed by atoms with Crippen LogP contribution in [0.15, 0.2) is 0 Å². The van der Waals surface area contributed by atoms with Gasteiger partial charge in [-0.2, -0.15) is 0 Å². The number of hydrogen-bond acceptors (Lipinski definition) is 2. The van der Waals surface area contributed by atoms with E-state index in [1.165, 1.54) is 19.3 Å². The third-order valence-corrected chi connectivity index (χ3v) is 2.68. The fourth-order valence-corrected chi connectivity index (χ4v) is 1.49. The van der Waals surface area contributed by atoms with Crippen LogP contribution in [0.2, 0.25) is 0 Å². The molecule has 1 aliphatic rings. The minimum Gasteiger partial charge on any atom is -0.384 e. The molecule has 0 heterocycles. The minimum atomic E-state index is 0.107. The summed E-state index contributed by atoms with van der Waals surface area (Å²) in [7, 11) is 1.73. The normalized spacial score (nSPS) is 25.5. The molecule has 60 valence electrons. The quantitative estimate of drug-likeness (QED) is 0.643. The zero-order chi connectivity index (χ0) is 7.61. The van der Waals surface area contributed by atoms with E-state index in [-0.39, 0.29) is 5.54 Å². The van der Waals surface area contributed by atoms with E-state index in [0.717, 1.165) is 6.61 Å². The van der Waals surface area contributed by atoms with E-state index in [9.17, 15) is 0 Å². The van der Waals surface area contributed by atoms with E-state index in [4.69, 9.17) is 10.5 Å². The number of nitrogens with two attached hydrogens (primary N) is 1. The Morgan fingerprint density at radius 3 is 2.50 bits per heavy atom. The molecule has 0 bridgehead atoms. The molecule has 1 saturated carbocycles. The standard InChI is InChI=1S/C8H17NO/c1-7(6-10-2)8(9)4-3-5-8/h7H,3-6,9H2,1-2H3. The molecule has 0 saturated heterocycles. The lowest BCUT2D eigenvalue weighted by Crippen LogP contribution is -2.53. The Hall–Kier alpha value is -0.0800. The zero-order valence-electron chi connectivity index (χ0n) is 6.89. The highest BCUT2D eigenvalue weighted by molar-refractivity contribution is 4.96. The maximum absolute atomic E-state index is 6.05. The van der Waals surface area contributed by atoms with Crippen molar-refractivity contribution in [3.8, 4) is 0 Å². The van der Waals surface area contributed by atoms with E-state index in [1.54, 1.807) is 7.11 Å². The second-order valence-corrected chi connectivity index (χ2v) is 3.44. The third kappa shape index (κ3) is 1.32. The van der Waals surface area contributed by atoms with Crippen molar-refractivity contribution in [2.45, 2.75) is 31.7 Å². The monoisotopic (exact) mass is 143 g/mol. The van der Waals surface area contributed by atoms with Gasteiger partial charge in [-0.05, 0) is 25.2 Å². The average molecular weight is 143 g/mol. The zero-order valence-corrected chi connectivity index (χ0v) is 6.89. The molecule has 0 radical (unpaired) electrons. The van der Waals surface area contributed by atoms with Crippen LogP contribution < -0.4 is 5.73 Å². The lowest BCUT2D eigenvalue weighted by molar-refractivity contribution is 0.0751. The fraction of sp³-hybridized carbons (Fsp3) is 1.00. The van der Waals surface area contributed by atoms with Crippen LogP contribution in [0.4, 0.5) is 0 Å². The van der Waals surface area contributed by atoms with Gasteiger partial charge in [0.05, 0.1) is 6.61 Å². The summed E-state index contributed by atoms with van der Waals surface area (Å²) in [5.74, 6) is 0.520. The first-order valence-corrected chi connectivity index (χ1v) is 3.97. The fourth-order valence-electron chi connectivity index (χ4n) is 1.49.